The number of nitrogens with one attached hydrogen (secondary N) is 1. The number of aliphatic hydroxyl groups is 5. The third-order valence-corrected chi connectivity index (χ3v) is 14.6. The van der Waals surface area contributed by atoms with Crippen LogP contribution in [0.5, 0.6) is 0 Å². The Morgan fingerprint density at radius 1 is 0.488 bits per heavy atom. The maximum absolute atomic E-state index is 13.4. The van der Waals surface area contributed by atoms with Crippen molar-refractivity contribution < 1.29 is 49.3 Å². The van der Waals surface area contributed by atoms with Crippen LogP contribution in [-0.2, 0) is 23.8 Å². The van der Waals surface area contributed by atoms with E-state index in [9.17, 15) is 35.1 Å². The Morgan fingerprint density at radius 2 is 0.878 bits per heavy atom. The van der Waals surface area contributed by atoms with Crippen LogP contribution in [0.1, 0.15) is 252 Å². The van der Waals surface area contributed by atoms with Gasteiger partial charge in [-0.15, -0.1) is 0 Å². The van der Waals surface area contributed by atoms with Crippen LogP contribution < -0.4 is 5.32 Å². The van der Waals surface area contributed by atoms with E-state index in [0.717, 1.165) is 103 Å². The van der Waals surface area contributed by atoms with E-state index >= 15 is 0 Å². The van der Waals surface area contributed by atoms with E-state index in [1.54, 1.807) is 12.2 Å². The molecule has 1 amide bonds. The molecule has 8 atom stereocenters. The van der Waals surface area contributed by atoms with Crippen molar-refractivity contribution in [3.8, 4) is 0 Å². The third kappa shape index (κ3) is 44.6. The van der Waals surface area contributed by atoms with Crippen LogP contribution in [0.25, 0.3) is 0 Å². The van der Waals surface area contributed by atoms with E-state index < -0.39 is 67.4 Å². The van der Waals surface area contributed by atoms with Gasteiger partial charge in [-0.3, -0.25) is 9.59 Å². The molecule has 1 fully saturated rings. The van der Waals surface area contributed by atoms with Crippen LogP contribution in [0.4, 0.5) is 0 Å². The Bertz CT molecular complexity index is 1800. The molecule has 1 heterocycles. The molecule has 11 nitrogen and oxygen atoms in total. The lowest BCUT2D eigenvalue weighted by molar-refractivity contribution is -0.305. The molecule has 11 heteroatoms. The molecule has 8 unspecified atom stereocenters. The number of carbonyl (C=O) groups is 2. The second-order valence-electron chi connectivity index (χ2n) is 22.1. The summed E-state index contributed by atoms with van der Waals surface area (Å²) in [6, 6.07) is -1.07. The molecule has 0 aliphatic carbocycles. The molecule has 468 valence electrons. The van der Waals surface area contributed by atoms with Gasteiger partial charge in [0.15, 0.2) is 12.4 Å². The number of allylic oxidation sites excluding steroid dienone is 18. The van der Waals surface area contributed by atoms with Gasteiger partial charge in [0.05, 0.1) is 25.4 Å². The molecular weight excluding hydrogens is 1030 g/mol. The quantitative estimate of drug-likeness (QED) is 0.0195. The average Bonchev–Trinajstić information content (AvgIpc) is 3.68. The SMILES string of the molecule is CC/C=C\C/C=C\C/C=C\C/C=C\C/C=C\C/C=C\CC(O)C(=O)NC(COC1OC(CO)C(O)C(O)C1OC(=O)CCCCCCCCCCCC/C=C\C/C=C\C/C=C\CCCCC)C(O)/C=C/CCCCCCCCCCCC. The summed E-state index contributed by atoms with van der Waals surface area (Å²) in [5.74, 6) is -1.29. The summed E-state index contributed by atoms with van der Waals surface area (Å²) >= 11 is 0. The van der Waals surface area contributed by atoms with Gasteiger partial charge >= 0.3 is 5.97 Å². The lowest BCUT2D eigenvalue weighted by atomic mass is 9.99. The normalized spacial score (nSPS) is 19.4. The van der Waals surface area contributed by atoms with E-state index in [-0.39, 0.29) is 19.4 Å². The van der Waals surface area contributed by atoms with Gasteiger partial charge in [-0.1, -0.05) is 264 Å². The Hall–Kier alpha value is -3.94. The van der Waals surface area contributed by atoms with E-state index in [2.05, 4.69) is 117 Å². The minimum Gasteiger partial charge on any atom is -0.454 e. The van der Waals surface area contributed by atoms with Gasteiger partial charge in [0.25, 0.3) is 0 Å². The van der Waals surface area contributed by atoms with Crippen LogP contribution in [-0.4, -0.2) is 99.6 Å². The van der Waals surface area contributed by atoms with E-state index in [1.807, 2.05) is 18.2 Å². The topological polar surface area (TPSA) is 175 Å². The zero-order valence-corrected chi connectivity index (χ0v) is 51.8. The van der Waals surface area contributed by atoms with Crippen LogP contribution in [0, 0.1) is 0 Å². The van der Waals surface area contributed by atoms with Crippen LogP contribution in [0.15, 0.2) is 122 Å². The molecule has 1 saturated heterocycles. The predicted octanol–water partition coefficient (Wildman–Crippen LogP) is 16.2. The summed E-state index contributed by atoms with van der Waals surface area (Å²) in [4.78, 5) is 26.6. The molecule has 82 heavy (non-hydrogen) atoms. The standard InChI is InChI=1S/C71H119NO10/c1-4-7-10-13-16-19-22-25-27-29-31-32-33-34-35-37-39-41-44-47-50-53-56-59-66(76)82-69-68(78)67(77)65(60-73)81-71(69)80-61-62(63(74)57-54-51-48-45-42-24-21-18-15-12-9-6-3)72-70(79)64(75)58-55-52-49-46-43-40-38-36-30-28-26-23-20-17-14-11-8-5-2/h8,11,16-17,19-20,25-28,31-32,36,38,43,46,52,54-55,57,62-65,67-69,71,73-75,77-78H,4-7,9-10,12-15,18,21-24,29-30,33-35,37,39-42,44-45,47-51,53,56,58-61H2,1-3H3,(H,72,79)/b11-8-,19-16-,20-17-,27-25-,28-26-,32-31-,38-36-,46-43-,55-52-,57-54+. The molecule has 0 aromatic heterocycles. The van der Waals surface area contributed by atoms with Crippen molar-refractivity contribution in [3.05, 3.63) is 122 Å². The van der Waals surface area contributed by atoms with E-state index in [1.165, 1.54) is 103 Å². The summed E-state index contributed by atoms with van der Waals surface area (Å²) in [6.07, 6.45) is 69.6. The van der Waals surface area contributed by atoms with Gasteiger partial charge < -0.3 is 45.1 Å². The predicted molar refractivity (Wildman–Crippen MR) is 342 cm³/mol. The zero-order valence-electron chi connectivity index (χ0n) is 51.8. The summed E-state index contributed by atoms with van der Waals surface area (Å²) in [6.45, 7) is 5.60. The minimum absolute atomic E-state index is 0.0519. The first kappa shape index (κ1) is 76.1. The smallest absolute Gasteiger partial charge is 0.306 e. The highest BCUT2D eigenvalue weighted by Gasteiger charge is 2.47. The number of hydrogen-bond donors (Lipinski definition) is 6. The van der Waals surface area contributed by atoms with Crippen LogP contribution >= 0.6 is 0 Å². The largest absolute Gasteiger partial charge is 0.454 e. The van der Waals surface area contributed by atoms with Crippen molar-refractivity contribution in [1.82, 2.24) is 5.32 Å². The highest BCUT2D eigenvalue weighted by atomic mass is 16.7. The monoisotopic (exact) mass is 1150 g/mol. The van der Waals surface area contributed by atoms with Crippen molar-refractivity contribution in [1.29, 1.82) is 0 Å². The Labute approximate surface area is 500 Å². The number of ether oxygens (including phenoxy) is 3. The zero-order chi connectivity index (χ0) is 59.6. The number of esters is 1. The van der Waals surface area contributed by atoms with Crippen LogP contribution in [0.2, 0.25) is 0 Å². The molecule has 0 spiro atoms. The number of unbranched alkanes of at least 4 members (excludes halogenated alkanes) is 23. The molecule has 1 aliphatic heterocycles. The van der Waals surface area contributed by atoms with E-state index in [4.69, 9.17) is 14.2 Å². The first-order chi connectivity index (χ1) is 40.2. The van der Waals surface area contributed by atoms with Crippen LogP contribution in [0.3, 0.4) is 0 Å². The number of hydrogen-bond acceptors (Lipinski definition) is 10. The Morgan fingerprint density at radius 3 is 1.34 bits per heavy atom. The first-order valence-electron chi connectivity index (χ1n) is 32.8. The third-order valence-electron chi connectivity index (χ3n) is 14.6. The van der Waals surface area contributed by atoms with Crippen molar-refractivity contribution in [2.24, 2.45) is 0 Å². The molecule has 0 aromatic carbocycles. The molecule has 0 bridgehead atoms. The molecule has 6 N–H and O–H groups in total. The second-order valence-corrected chi connectivity index (χ2v) is 22.1. The maximum atomic E-state index is 13.4. The number of aliphatic hydroxyl groups excluding tert-OH is 5. The van der Waals surface area contributed by atoms with Gasteiger partial charge in [-0.25, -0.2) is 0 Å². The van der Waals surface area contributed by atoms with Crippen molar-refractivity contribution in [3.63, 3.8) is 0 Å². The molecular formula is C71H119NO10. The summed E-state index contributed by atoms with van der Waals surface area (Å²) in [7, 11) is 0. The summed E-state index contributed by atoms with van der Waals surface area (Å²) in [5, 5.41) is 56.9. The maximum Gasteiger partial charge on any atom is 0.306 e. The van der Waals surface area contributed by atoms with Gasteiger partial charge in [0, 0.05) is 12.8 Å². The molecule has 1 aliphatic rings. The second kappa shape index (κ2) is 57.5. The molecule has 0 radical (unpaired) electrons. The Kier molecular flexibility index (Phi) is 53.3. The first-order valence-corrected chi connectivity index (χ1v) is 32.8. The number of amides is 1. The number of rotatable bonds is 54. The fraction of sp³-hybridized carbons (Fsp3) is 0.690. The number of carbonyl (C=O) groups excluding carboxylic acids is 2. The van der Waals surface area contributed by atoms with Gasteiger partial charge in [0.2, 0.25) is 5.91 Å². The molecule has 0 aromatic rings. The van der Waals surface area contributed by atoms with Crippen molar-refractivity contribution in [2.45, 2.75) is 301 Å². The summed E-state index contributed by atoms with van der Waals surface area (Å²) in [5.41, 5.74) is 0. The van der Waals surface area contributed by atoms with Crippen molar-refractivity contribution in [2.75, 3.05) is 13.2 Å². The van der Waals surface area contributed by atoms with E-state index in [0.29, 0.717) is 12.8 Å². The highest BCUT2D eigenvalue weighted by Crippen LogP contribution is 2.26. The van der Waals surface area contributed by atoms with Gasteiger partial charge in [-0.05, 0) is 96.3 Å². The Balaban J connectivity index is 2.68. The average molecular weight is 1150 g/mol. The molecule has 1 rings (SSSR count). The minimum atomic E-state index is -1.64. The lowest BCUT2D eigenvalue weighted by Crippen LogP contribution is -2.61. The highest BCUT2D eigenvalue weighted by molar-refractivity contribution is 5.81. The fourth-order valence-corrected chi connectivity index (χ4v) is 9.44. The fourth-order valence-electron chi connectivity index (χ4n) is 9.44. The lowest BCUT2D eigenvalue weighted by Gasteiger charge is -2.41. The molecule has 0 saturated carbocycles. The van der Waals surface area contributed by atoms with Gasteiger partial charge in [-0.2, -0.15) is 0 Å². The van der Waals surface area contributed by atoms with Gasteiger partial charge in [0.1, 0.15) is 24.4 Å². The van der Waals surface area contributed by atoms with Crippen molar-refractivity contribution >= 4 is 11.9 Å². The summed E-state index contributed by atoms with van der Waals surface area (Å²) < 4.78 is 17.6.